The predicted octanol–water partition coefficient (Wildman–Crippen LogP) is 17.0. The lowest BCUT2D eigenvalue weighted by molar-refractivity contribution is 1.28. The zero-order chi connectivity index (χ0) is 39.8. The van der Waals surface area contributed by atoms with Gasteiger partial charge in [-0.2, -0.15) is 0 Å². The molecule has 282 valence electrons. The largest absolute Gasteiger partial charge is 0.310 e. The number of thiophene rings is 1. The molecule has 11 aromatic rings. The Bertz CT molecular complexity index is 3250. The summed E-state index contributed by atoms with van der Waals surface area (Å²) in [6.07, 6.45) is 0. The Kier molecular flexibility index (Phi) is 9.11. The highest BCUT2D eigenvalue weighted by Gasteiger charge is 2.18. The van der Waals surface area contributed by atoms with Gasteiger partial charge in [0.2, 0.25) is 0 Å². The smallest absolute Gasteiger partial charge is 0.0473 e. The fourth-order valence-electron chi connectivity index (χ4n) is 8.66. The standard InChI is InChI=1S/C58H39NS/c1-3-14-40(15-4-1)48-35-49(41-16-5-2-6-17-41)38-52(37-48)59(50-31-28-42(29-32-50)46-30-33-56-55-25-9-10-27-57(55)60-58(56)39-46)51-23-12-21-45(36-51)44-20-11-22-47(34-44)54-26-13-19-43-18-7-8-24-53(43)54/h1-39H. The summed E-state index contributed by atoms with van der Waals surface area (Å²) < 4.78 is 2.64. The van der Waals surface area contributed by atoms with Crippen molar-refractivity contribution in [1.82, 2.24) is 0 Å². The summed E-state index contributed by atoms with van der Waals surface area (Å²) in [7, 11) is 0. The molecule has 0 spiro atoms. The van der Waals surface area contributed by atoms with Crippen molar-refractivity contribution in [3.05, 3.63) is 237 Å². The second kappa shape index (κ2) is 15.3. The van der Waals surface area contributed by atoms with Crippen molar-refractivity contribution < 1.29 is 0 Å². The summed E-state index contributed by atoms with van der Waals surface area (Å²) in [5.74, 6) is 0. The van der Waals surface area contributed by atoms with E-state index < -0.39 is 0 Å². The molecule has 11 rings (SSSR count). The zero-order valence-corrected chi connectivity index (χ0v) is 33.7. The van der Waals surface area contributed by atoms with Crippen LogP contribution in [0.1, 0.15) is 0 Å². The number of hydrogen-bond acceptors (Lipinski definition) is 2. The third-order valence-electron chi connectivity index (χ3n) is 11.6. The lowest BCUT2D eigenvalue weighted by atomic mass is 9.95. The van der Waals surface area contributed by atoms with Crippen molar-refractivity contribution in [2.45, 2.75) is 0 Å². The van der Waals surface area contributed by atoms with Crippen molar-refractivity contribution in [3.8, 4) is 55.6 Å². The Morgan fingerprint density at radius 1 is 0.250 bits per heavy atom. The molecule has 0 N–H and O–H groups in total. The van der Waals surface area contributed by atoms with Gasteiger partial charge in [-0.3, -0.25) is 0 Å². The summed E-state index contributed by atoms with van der Waals surface area (Å²) in [5, 5.41) is 5.15. The highest BCUT2D eigenvalue weighted by atomic mass is 32.1. The van der Waals surface area contributed by atoms with Crippen LogP contribution in [0.25, 0.3) is 86.6 Å². The van der Waals surface area contributed by atoms with E-state index in [-0.39, 0.29) is 0 Å². The van der Waals surface area contributed by atoms with Crippen molar-refractivity contribution in [1.29, 1.82) is 0 Å². The van der Waals surface area contributed by atoms with Crippen LogP contribution in [0.2, 0.25) is 0 Å². The topological polar surface area (TPSA) is 3.24 Å². The Labute approximate surface area is 354 Å². The molecule has 60 heavy (non-hydrogen) atoms. The van der Waals surface area contributed by atoms with Gasteiger partial charge < -0.3 is 4.90 Å². The summed E-state index contributed by atoms with van der Waals surface area (Å²) >= 11 is 1.86. The number of hydrogen-bond donors (Lipinski definition) is 0. The van der Waals surface area contributed by atoms with E-state index in [0.717, 1.165) is 22.6 Å². The maximum Gasteiger partial charge on any atom is 0.0473 e. The molecule has 2 heteroatoms. The van der Waals surface area contributed by atoms with Gasteiger partial charge in [0, 0.05) is 37.2 Å². The molecule has 0 saturated carbocycles. The van der Waals surface area contributed by atoms with Crippen LogP contribution in [0.15, 0.2) is 237 Å². The molecule has 1 nitrogen and oxygen atoms in total. The van der Waals surface area contributed by atoms with Crippen LogP contribution in [0, 0.1) is 0 Å². The highest BCUT2D eigenvalue weighted by molar-refractivity contribution is 7.25. The van der Waals surface area contributed by atoms with Gasteiger partial charge in [0.05, 0.1) is 0 Å². The van der Waals surface area contributed by atoms with Gasteiger partial charge in [-0.25, -0.2) is 0 Å². The average Bonchev–Trinajstić information content (AvgIpc) is 3.70. The van der Waals surface area contributed by atoms with E-state index >= 15 is 0 Å². The first-order chi connectivity index (χ1) is 29.7. The minimum atomic E-state index is 1.09. The second-order valence-corrected chi connectivity index (χ2v) is 16.4. The predicted molar refractivity (Wildman–Crippen MR) is 259 cm³/mol. The van der Waals surface area contributed by atoms with E-state index in [0.29, 0.717) is 0 Å². The summed E-state index contributed by atoms with van der Waals surface area (Å²) in [6, 6.07) is 86.3. The van der Waals surface area contributed by atoms with Gasteiger partial charge in [0.15, 0.2) is 0 Å². The van der Waals surface area contributed by atoms with Crippen LogP contribution < -0.4 is 4.90 Å². The van der Waals surface area contributed by atoms with Gasteiger partial charge in [-0.05, 0) is 127 Å². The van der Waals surface area contributed by atoms with Crippen LogP contribution in [0.5, 0.6) is 0 Å². The maximum atomic E-state index is 2.41. The first-order valence-electron chi connectivity index (χ1n) is 20.5. The zero-order valence-electron chi connectivity index (χ0n) is 32.9. The van der Waals surface area contributed by atoms with Gasteiger partial charge in [0.25, 0.3) is 0 Å². The summed E-state index contributed by atoms with van der Waals surface area (Å²) in [5.41, 5.74) is 15.2. The average molecular weight is 782 g/mol. The molecule has 0 fully saturated rings. The van der Waals surface area contributed by atoms with Gasteiger partial charge in [-0.15, -0.1) is 11.3 Å². The van der Waals surface area contributed by atoms with Crippen LogP contribution in [0.4, 0.5) is 17.1 Å². The molecular weight excluding hydrogens is 743 g/mol. The summed E-state index contributed by atoms with van der Waals surface area (Å²) in [6.45, 7) is 0. The molecule has 0 amide bonds. The fraction of sp³-hybridized carbons (Fsp3) is 0. The lowest BCUT2D eigenvalue weighted by Crippen LogP contribution is -2.10. The van der Waals surface area contributed by atoms with E-state index in [1.54, 1.807) is 0 Å². The van der Waals surface area contributed by atoms with Crippen molar-refractivity contribution in [2.75, 3.05) is 4.90 Å². The molecule has 0 bridgehead atoms. The molecular formula is C58H39NS. The molecule has 0 saturated heterocycles. The minimum Gasteiger partial charge on any atom is -0.310 e. The van der Waals surface area contributed by atoms with Crippen LogP contribution in [0.3, 0.4) is 0 Å². The molecule has 0 aliphatic heterocycles. The monoisotopic (exact) mass is 781 g/mol. The Hall–Kier alpha value is -7.52. The van der Waals surface area contributed by atoms with Crippen LogP contribution in [-0.2, 0) is 0 Å². The minimum absolute atomic E-state index is 1.09. The Balaban J connectivity index is 1.05. The highest BCUT2D eigenvalue weighted by Crippen LogP contribution is 2.43. The third kappa shape index (κ3) is 6.73. The molecule has 1 aromatic heterocycles. The molecule has 0 radical (unpaired) electrons. The van der Waals surface area contributed by atoms with Crippen molar-refractivity contribution in [2.24, 2.45) is 0 Å². The van der Waals surface area contributed by atoms with Crippen LogP contribution >= 0.6 is 11.3 Å². The van der Waals surface area contributed by atoms with E-state index in [2.05, 4.69) is 241 Å². The van der Waals surface area contributed by atoms with E-state index in [1.165, 1.54) is 81.0 Å². The quantitative estimate of drug-likeness (QED) is 0.148. The molecule has 1 heterocycles. The number of benzene rings is 10. The third-order valence-corrected chi connectivity index (χ3v) is 12.8. The summed E-state index contributed by atoms with van der Waals surface area (Å²) in [4.78, 5) is 2.41. The normalized spacial score (nSPS) is 11.3. The van der Waals surface area contributed by atoms with E-state index in [1.807, 2.05) is 11.3 Å². The molecule has 0 aliphatic rings. The van der Waals surface area contributed by atoms with E-state index in [9.17, 15) is 0 Å². The second-order valence-electron chi connectivity index (χ2n) is 15.3. The molecule has 0 atom stereocenters. The lowest BCUT2D eigenvalue weighted by Gasteiger charge is -2.27. The number of rotatable bonds is 8. The van der Waals surface area contributed by atoms with E-state index in [4.69, 9.17) is 0 Å². The number of nitrogens with zero attached hydrogens (tertiary/aromatic N) is 1. The van der Waals surface area contributed by atoms with Gasteiger partial charge in [-0.1, -0.05) is 176 Å². The van der Waals surface area contributed by atoms with Crippen LogP contribution in [-0.4, -0.2) is 0 Å². The first-order valence-corrected chi connectivity index (χ1v) is 21.3. The van der Waals surface area contributed by atoms with Gasteiger partial charge >= 0.3 is 0 Å². The number of fused-ring (bicyclic) bond motifs is 4. The SMILES string of the molecule is c1ccc(-c2cc(-c3ccccc3)cc(N(c3ccc(-c4ccc5c(c4)sc4ccccc45)cc3)c3cccc(-c4cccc(-c5cccc6ccccc56)c4)c3)c2)cc1. The molecule has 0 unspecified atom stereocenters. The van der Waals surface area contributed by atoms with Gasteiger partial charge in [0.1, 0.15) is 0 Å². The van der Waals surface area contributed by atoms with Crippen molar-refractivity contribution in [3.63, 3.8) is 0 Å². The first kappa shape index (κ1) is 35.6. The Morgan fingerprint density at radius 3 is 1.52 bits per heavy atom. The molecule has 0 aliphatic carbocycles. The number of anilines is 3. The van der Waals surface area contributed by atoms with Crippen molar-refractivity contribution >= 4 is 59.3 Å². The maximum absolute atomic E-state index is 2.41. The molecule has 10 aromatic carbocycles. The fourth-order valence-corrected chi connectivity index (χ4v) is 9.80. The Morgan fingerprint density at radius 2 is 0.750 bits per heavy atom.